The summed E-state index contributed by atoms with van der Waals surface area (Å²) in [6.45, 7) is 13.3. The molecule has 0 spiro atoms. The molecule has 11 atom stereocenters. The van der Waals surface area contributed by atoms with Gasteiger partial charge in [0.05, 0.1) is 45.2 Å². The molecule has 1 saturated carbocycles. The Labute approximate surface area is 319 Å². The van der Waals surface area contributed by atoms with E-state index in [0.29, 0.717) is 32.3 Å². The van der Waals surface area contributed by atoms with Gasteiger partial charge >= 0.3 is 0 Å². The van der Waals surface area contributed by atoms with Crippen molar-refractivity contribution in [3.05, 3.63) is 120 Å². The molecule has 0 amide bonds. The van der Waals surface area contributed by atoms with Crippen LogP contribution in [0.2, 0.25) is 0 Å². The summed E-state index contributed by atoms with van der Waals surface area (Å²) in [6.07, 6.45) is -2.12. The molecule has 10 heteroatoms. The van der Waals surface area contributed by atoms with E-state index in [4.69, 9.17) is 47.4 Å². The highest BCUT2D eigenvalue weighted by Crippen LogP contribution is 2.42. The molecule has 3 heterocycles. The number of hydrogen-bond donors (Lipinski definition) is 0. The predicted molar refractivity (Wildman–Crippen MR) is 201 cm³/mol. The van der Waals surface area contributed by atoms with Crippen LogP contribution in [-0.4, -0.2) is 86.5 Å². The normalized spacial score (nSPS) is 32.5. The maximum atomic E-state index is 7.06. The molecule has 3 saturated heterocycles. The molecule has 0 aromatic heterocycles. The standard InChI is InChI=1S/C44H56O10/c1-6-24-46-42-41-39(53-44(4,5)54-41)36(30(3)50-42)52-43-40(49-29(2)34-22-23-34)38(48-27-33-20-14-9-15-21-33)37(47-26-32-18-12-8-13-19-32)35(51-43)28-45-25-31-16-10-7-11-17-31/h6-21,29-30,34-43H,1,22-28H2,2-5H3/t29?,30-,35+,36-,37+,38-,39+,40+,41+,42+,43-/m0/s1. The molecular formula is C44H56O10. The van der Waals surface area contributed by atoms with E-state index in [9.17, 15) is 0 Å². The Kier molecular flexibility index (Phi) is 13.3. The third-order valence-corrected chi connectivity index (χ3v) is 10.4. The molecular weight excluding hydrogens is 688 g/mol. The van der Waals surface area contributed by atoms with Crippen LogP contribution in [0.5, 0.6) is 0 Å². The van der Waals surface area contributed by atoms with E-state index in [-0.39, 0.29) is 12.7 Å². The van der Waals surface area contributed by atoms with Crippen molar-refractivity contribution in [2.75, 3.05) is 13.2 Å². The van der Waals surface area contributed by atoms with Crippen molar-refractivity contribution in [2.24, 2.45) is 5.92 Å². The number of fused-ring (bicyclic) bond motifs is 1. The highest BCUT2D eigenvalue weighted by molar-refractivity contribution is 5.15. The molecule has 1 aliphatic carbocycles. The van der Waals surface area contributed by atoms with Crippen LogP contribution in [0.15, 0.2) is 104 Å². The van der Waals surface area contributed by atoms with E-state index in [0.717, 1.165) is 29.5 Å². The highest BCUT2D eigenvalue weighted by Gasteiger charge is 2.58. The van der Waals surface area contributed by atoms with Gasteiger partial charge in [-0.25, -0.2) is 0 Å². The Balaban J connectivity index is 1.21. The lowest BCUT2D eigenvalue weighted by molar-refractivity contribution is -0.362. The summed E-state index contributed by atoms with van der Waals surface area (Å²) >= 11 is 0. The van der Waals surface area contributed by atoms with Crippen molar-refractivity contribution in [1.82, 2.24) is 0 Å². The summed E-state index contributed by atoms with van der Waals surface area (Å²) in [7, 11) is 0. The SMILES string of the molecule is C=CCO[C@@H]1O[C@@H](C)[C@H](O[C@@H]2O[C@H](COCc3ccccc3)[C@@H](OCc3ccccc3)[C@H](OCc3ccccc3)[C@H]2OC(C)C2CC2)[C@H]2OC(C)(C)O[C@@H]12. The van der Waals surface area contributed by atoms with Crippen LogP contribution in [0, 0.1) is 5.92 Å². The summed E-state index contributed by atoms with van der Waals surface area (Å²) in [5.41, 5.74) is 3.14. The topological polar surface area (TPSA) is 92.3 Å². The first-order chi connectivity index (χ1) is 26.3. The monoisotopic (exact) mass is 744 g/mol. The average Bonchev–Trinajstić information content (AvgIpc) is 3.98. The van der Waals surface area contributed by atoms with Crippen molar-refractivity contribution < 1.29 is 47.4 Å². The van der Waals surface area contributed by atoms with Crippen LogP contribution in [-0.2, 0) is 67.2 Å². The lowest BCUT2D eigenvalue weighted by Crippen LogP contribution is -2.65. The summed E-state index contributed by atoms with van der Waals surface area (Å²) in [4.78, 5) is 0. The van der Waals surface area contributed by atoms with Crippen molar-refractivity contribution in [3.8, 4) is 0 Å². The zero-order valence-corrected chi connectivity index (χ0v) is 31.9. The lowest BCUT2D eigenvalue weighted by Gasteiger charge is -2.49. The molecule has 3 aliphatic heterocycles. The molecule has 0 radical (unpaired) electrons. The summed E-state index contributed by atoms with van der Waals surface area (Å²) in [5.74, 6) is -0.428. The fraction of sp³-hybridized carbons (Fsp3) is 0.545. The van der Waals surface area contributed by atoms with Crippen LogP contribution in [0.3, 0.4) is 0 Å². The van der Waals surface area contributed by atoms with Gasteiger partial charge in [0.25, 0.3) is 0 Å². The van der Waals surface area contributed by atoms with E-state index in [1.54, 1.807) is 6.08 Å². The number of benzene rings is 3. The van der Waals surface area contributed by atoms with Gasteiger partial charge in [-0.05, 0) is 63.1 Å². The highest BCUT2D eigenvalue weighted by atomic mass is 16.8. The van der Waals surface area contributed by atoms with Gasteiger partial charge in [0.2, 0.25) is 0 Å². The predicted octanol–water partition coefficient (Wildman–Crippen LogP) is 7.14. The van der Waals surface area contributed by atoms with E-state index in [1.165, 1.54) is 0 Å². The Bertz CT molecular complexity index is 1570. The number of ether oxygens (including phenoxy) is 10. The Morgan fingerprint density at radius 1 is 0.704 bits per heavy atom. The molecule has 7 rings (SSSR count). The van der Waals surface area contributed by atoms with Gasteiger partial charge < -0.3 is 47.4 Å². The third kappa shape index (κ3) is 10.0. The maximum absolute atomic E-state index is 7.06. The first kappa shape index (κ1) is 39.2. The smallest absolute Gasteiger partial charge is 0.187 e. The maximum Gasteiger partial charge on any atom is 0.187 e. The minimum Gasteiger partial charge on any atom is -0.374 e. The minimum atomic E-state index is -0.886. The van der Waals surface area contributed by atoms with Crippen molar-refractivity contribution in [1.29, 1.82) is 0 Å². The van der Waals surface area contributed by atoms with Crippen molar-refractivity contribution in [2.45, 2.75) is 134 Å². The van der Waals surface area contributed by atoms with Crippen LogP contribution in [0.25, 0.3) is 0 Å². The second-order valence-corrected chi connectivity index (χ2v) is 15.2. The van der Waals surface area contributed by atoms with Gasteiger partial charge in [0, 0.05) is 0 Å². The van der Waals surface area contributed by atoms with Gasteiger partial charge in [0.15, 0.2) is 18.4 Å². The van der Waals surface area contributed by atoms with Gasteiger partial charge in [-0.2, -0.15) is 0 Å². The van der Waals surface area contributed by atoms with E-state index < -0.39 is 67.2 Å². The van der Waals surface area contributed by atoms with Crippen LogP contribution >= 0.6 is 0 Å². The van der Waals surface area contributed by atoms with Gasteiger partial charge in [-0.1, -0.05) is 97.1 Å². The molecule has 3 aromatic rings. The quantitative estimate of drug-likeness (QED) is 0.125. The Hall–Kier alpha value is -3.00. The molecule has 4 aliphatic rings. The molecule has 292 valence electrons. The van der Waals surface area contributed by atoms with Gasteiger partial charge in [0.1, 0.15) is 42.7 Å². The second kappa shape index (κ2) is 18.3. The van der Waals surface area contributed by atoms with Crippen LogP contribution in [0.1, 0.15) is 57.2 Å². The summed E-state index contributed by atoms with van der Waals surface area (Å²) < 4.78 is 66.5. The summed E-state index contributed by atoms with van der Waals surface area (Å²) in [6, 6.07) is 30.4. The second-order valence-electron chi connectivity index (χ2n) is 15.2. The molecule has 54 heavy (non-hydrogen) atoms. The fourth-order valence-corrected chi connectivity index (χ4v) is 7.54. The third-order valence-electron chi connectivity index (χ3n) is 10.4. The summed E-state index contributed by atoms with van der Waals surface area (Å²) in [5, 5.41) is 0. The Morgan fingerprint density at radius 3 is 1.87 bits per heavy atom. The van der Waals surface area contributed by atoms with Crippen LogP contribution < -0.4 is 0 Å². The number of hydrogen-bond acceptors (Lipinski definition) is 10. The van der Waals surface area contributed by atoms with E-state index >= 15 is 0 Å². The molecule has 1 unspecified atom stereocenters. The van der Waals surface area contributed by atoms with E-state index in [2.05, 4.69) is 37.8 Å². The zero-order valence-electron chi connectivity index (χ0n) is 31.9. The van der Waals surface area contributed by atoms with Crippen molar-refractivity contribution in [3.63, 3.8) is 0 Å². The molecule has 3 aromatic carbocycles. The fourth-order valence-electron chi connectivity index (χ4n) is 7.54. The zero-order chi connectivity index (χ0) is 37.5. The molecule has 10 nitrogen and oxygen atoms in total. The Morgan fingerprint density at radius 2 is 1.28 bits per heavy atom. The van der Waals surface area contributed by atoms with Gasteiger partial charge in [-0.15, -0.1) is 6.58 Å². The molecule has 4 fully saturated rings. The minimum absolute atomic E-state index is 0.0531. The van der Waals surface area contributed by atoms with Crippen molar-refractivity contribution >= 4 is 0 Å². The van der Waals surface area contributed by atoms with Gasteiger partial charge in [-0.3, -0.25) is 0 Å². The average molecular weight is 745 g/mol. The van der Waals surface area contributed by atoms with Crippen LogP contribution in [0.4, 0.5) is 0 Å². The largest absolute Gasteiger partial charge is 0.374 e. The molecule has 0 N–H and O–H groups in total. The number of rotatable bonds is 18. The molecule has 0 bridgehead atoms. The first-order valence-electron chi connectivity index (χ1n) is 19.4. The van der Waals surface area contributed by atoms with E-state index in [1.807, 2.05) is 87.5 Å². The first-order valence-corrected chi connectivity index (χ1v) is 19.4. The lowest BCUT2D eigenvalue weighted by atomic mass is 9.96.